The Kier molecular flexibility index (Phi) is 4.89. The van der Waals surface area contributed by atoms with Gasteiger partial charge in [0.25, 0.3) is 0 Å². The van der Waals surface area contributed by atoms with Gasteiger partial charge < -0.3 is 4.90 Å². The van der Waals surface area contributed by atoms with E-state index in [9.17, 15) is 0 Å². The standard InChI is InChI=1S/C44H35N/c1-42-25-12-26-43(42,2)45(31-13-4-3-5-14-31)41-24-22-30(28-40(41)42)29-21-23-39-35(27-29)34-17-8-11-20-38(34)44(39)36-18-9-6-15-32(36)33-16-7-10-19-37(33)44/h3-11,13-24,27-28H,12,25-26H2,1-2H3. The number of hydrogen-bond donors (Lipinski definition) is 0. The fourth-order valence-electron chi connectivity index (χ4n) is 10.0. The molecule has 10 rings (SSSR count). The molecule has 6 aromatic rings. The van der Waals surface area contributed by atoms with Crippen molar-refractivity contribution in [3.8, 4) is 33.4 Å². The Morgan fingerprint density at radius 3 is 1.67 bits per heavy atom. The van der Waals surface area contributed by atoms with E-state index in [-0.39, 0.29) is 16.4 Å². The highest BCUT2D eigenvalue weighted by atomic mass is 15.3. The van der Waals surface area contributed by atoms with Crippen LogP contribution in [0.1, 0.15) is 60.9 Å². The molecule has 0 bridgehead atoms. The zero-order valence-electron chi connectivity index (χ0n) is 25.8. The fraction of sp³-hybridized carbons (Fsp3) is 0.182. The van der Waals surface area contributed by atoms with Crippen LogP contribution in [0, 0.1) is 0 Å². The van der Waals surface area contributed by atoms with Gasteiger partial charge in [-0.15, -0.1) is 0 Å². The highest BCUT2D eigenvalue weighted by molar-refractivity contribution is 5.96. The Balaban J connectivity index is 1.18. The number of hydrogen-bond acceptors (Lipinski definition) is 1. The summed E-state index contributed by atoms with van der Waals surface area (Å²) in [5.74, 6) is 0. The second kappa shape index (κ2) is 8.64. The van der Waals surface area contributed by atoms with Crippen molar-refractivity contribution in [2.75, 3.05) is 4.90 Å². The summed E-state index contributed by atoms with van der Waals surface area (Å²) in [6.07, 6.45) is 3.70. The number of fused-ring (bicyclic) bond motifs is 13. The first-order valence-corrected chi connectivity index (χ1v) is 16.5. The SMILES string of the molecule is CC12CCCC1(C)N(c1ccccc1)c1ccc(-c3ccc4c(c3)-c3ccccc3C43c4ccccc4-c4ccccc43)cc12. The topological polar surface area (TPSA) is 3.24 Å². The minimum Gasteiger partial charge on any atom is -0.334 e. The Morgan fingerprint density at radius 1 is 0.467 bits per heavy atom. The van der Waals surface area contributed by atoms with Gasteiger partial charge in [0.1, 0.15) is 0 Å². The van der Waals surface area contributed by atoms with Crippen molar-refractivity contribution in [3.05, 3.63) is 167 Å². The van der Waals surface area contributed by atoms with Crippen molar-refractivity contribution in [3.63, 3.8) is 0 Å². The average molecular weight is 578 g/mol. The molecule has 1 aliphatic heterocycles. The summed E-state index contributed by atoms with van der Waals surface area (Å²) in [5.41, 5.74) is 17.7. The van der Waals surface area contributed by atoms with Crippen molar-refractivity contribution in [1.29, 1.82) is 0 Å². The third-order valence-corrected chi connectivity index (χ3v) is 12.2. The third kappa shape index (κ3) is 2.95. The Hall–Kier alpha value is -4.88. The maximum atomic E-state index is 2.65. The first kappa shape index (κ1) is 25.4. The molecule has 45 heavy (non-hydrogen) atoms. The van der Waals surface area contributed by atoms with Crippen LogP contribution in [-0.4, -0.2) is 5.54 Å². The van der Waals surface area contributed by atoms with Crippen LogP contribution in [0.4, 0.5) is 11.4 Å². The minimum absolute atomic E-state index is 0.0713. The van der Waals surface area contributed by atoms with Gasteiger partial charge in [-0.1, -0.05) is 123 Å². The molecule has 1 heterocycles. The molecule has 6 aromatic carbocycles. The maximum absolute atomic E-state index is 2.65. The molecule has 1 fully saturated rings. The highest BCUT2D eigenvalue weighted by Crippen LogP contribution is 2.64. The zero-order valence-corrected chi connectivity index (χ0v) is 25.8. The quantitative estimate of drug-likeness (QED) is 0.198. The van der Waals surface area contributed by atoms with Crippen LogP contribution in [0.3, 0.4) is 0 Å². The van der Waals surface area contributed by atoms with E-state index >= 15 is 0 Å². The fourth-order valence-corrected chi connectivity index (χ4v) is 10.0. The number of benzene rings is 6. The zero-order chi connectivity index (χ0) is 30.0. The normalized spacial score (nSPS) is 22.5. The summed E-state index contributed by atoms with van der Waals surface area (Å²) >= 11 is 0. The molecule has 1 saturated carbocycles. The van der Waals surface area contributed by atoms with Crippen LogP contribution in [0.5, 0.6) is 0 Å². The number of rotatable bonds is 2. The lowest BCUT2D eigenvalue weighted by atomic mass is 9.70. The molecule has 0 aromatic heterocycles. The molecule has 216 valence electrons. The summed E-state index contributed by atoms with van der Waals surface area (Å²) in [6, 6.07) is 52.9. The number of anilines is 2. The van der Waals surface area contributed by atoms with Gasteiger partial charge in [0.05, 0.1) is 11.0 Å². The summed E-state index contributed by atoms with van der Waals surface area (Å²) in [4.78, 5) is 2.65. The second-order valence-electron chi connectivity index (χ2n) is 14.0. The largest absolute Gasteiger partial charge is 0.334 e. The maximum Gasteiger partial charge on any atom is 0.0725 e. The first-order chi connectivity index (χ1) is 22.1. The van der Waals surface area contributed by atoms with Gasteiger partial charge in [0.15, 0.2) is 0 Å². The highest BCUT2D eigenvalue weighted by Gasteiger charge is 2.59. The summed E-state index contributed by atoms with van der Waals surface area (Å²) in [5, 5.41) is 0. The first-order valence-electron chi connectivity index (χ1n) is 16.5. The van der Waals surface area contributed by atoms with Gasteiger partial charge >= 0.3 is 0 Å². The van der Waals surface area contributed by atoms with E-state index in [0.717, 1.165) is 0 Å². The molecule has 0 amide bonds. The molecular formula is C44H35N. The van der Waals surface area contributed by atoms with E-state index in [1.54, 1.807) is 0 Å². The average Bonchev–Trinajstić information content (AvgIpc) is 3.73. The number of para-hydroxylation sites is 1. The lowest BCUT2D eigenvalue weighted by Crippen LogP contribution is -2.48. The van der Waals surface area contributed by atoms with Crippen LogP contribution in [0.2, 0.25) is 0 Å². The van der Waals surface area contributed by atoms with Gasteiger partial charge in [0.2, 0.25) is 0 Å². The van der Waals surface area contributed by atoms with E-state index in [0.29, 0.717) is 0 Å². The van der Waals surface area contributed by atoms with Crippen molar-refractivity contribution >= 4 is 11.4 Å². The van der Waals surface area contributed by atoms with E-state index in [1.165, 1.54) is 91.8 Å². The Morgan fingerprint density at radius 2 is 1.00 bits per heavy atom. The monoisotopic (exact) mass is 577 g/mol. The van der Waals surface area contributed by atoms with Crippen molar-refractivity contribution in [2.45, 2.75) is 49.5 Å². The lowest BCUT2D eigenvalue weighted by Gasteiger charge is -2.42. The summed E-state index contributed by atoms with van der Waals surface area (Å²) in [6.45, 7) is 5.01. The number of nitrogens with zero attached hydrogens (tertiary/aromatic N) is 1. The van der Waals surface area contributed by atoms with Crippen LogP contribution in [0.25, 0.3) is 33.4 Å². The molecule has 1 heteroatoms. The van der Waals surface area contributed by atoms with E-state index < -0.39 is 0 Å². The molecule has 0 N–H and O–H groups in total. The lowest BCUT2D eigenvalue weighted by molar-refractivity contribution is 0.330. The van der Waals surface area contributed by atoms with Crippen molar-refractivity contribution < 1.29 is 0 Å². The van der Waals surface area contributed by atoms with Gasteiger partial charge in [-0.2, -0.15) is 0 Å². The minimum atomic E-state index is -0.287. The van der Waals surface area contributed by atoms with Gasteiger partial charge in [-0.25, -0.2) is 0 Å². The second-order valence-corrected chi connectivity index (χ2v) is 14.0. The Labute approximate surface area is 265 Å². The molecule has 2 atom stereocenters. The van der Waals surface area contributed by atoms with Crippen LogP contribution < -0.4 is 4.90 Å². The molecule has 3 aliphatic carbocycles. The molecule has 0 radical (unpaired) electrons. The molecule has 2 unspecified atom stereocenters. The predicted molar refractivity (Wildman–Crippen MR) is 186 cm³/mol. The summed E-state index contributed by atoms with van der Waals surface area (Å²) in [7, 11) is 0. The Bertz CT molecular complexity index is 2150. The van der Waals surface area contributed by atoms with Gasteiger partial charge in [-0.3, -0.25) is 0 Å². The molecule has 0 saturated heterocycles. The molecular weight excluding hydrogens is 542 g/mol. The van der Waals surface area contributed by atoms with E-state index in [4.69, 9.17) is 0 Å². The van der Waals surface area contributed by atoms with Gasteiger partial charge in [0, 0.05) is 16.8 Å². The van der Waals surface area contributed by atoms with Crippen LogP contribution >= 0.6 is 0 Å². The predicted octanol–water partition coefficient (Wildman–Crippen LogP) is 11.0. The van der Waals surface area contributed by atoms with E-state index in [2.05, 4.69) is 158 Å². The molecule has 1 nitrogen and oxygen atoms in total. The smallest absolute Gasteiger partial charge is 0.0725 e. The van der Waals surface area contributed by atoms with Crippen LogP contribution in [0.15, 0.2) is 140 Å². The third-order valence-electron chi connectivity index (χ3n) is 12.2. The van der Waals surface area contributed by atoms with Crippen LogP contribution in [-0.2, 0) is 10.8 Å². The van der Waals surface area contributed by atoms with Crippen molar-refractivity contribution in [2.24, 2.45) is 0 Å². The van der Waals surface area contributed by atoms with E-state index in [1.807, 2.05) is 0 Å². The van der Waals surface area contributed by atoms with Gasteiger partial charge in [-0.05, 0) is 111 Å². The summed E-state index contributed by atoms with van der Waals surface area (Å²) < 4.78 is 0. The molecule has 4 aliphatic rings. The van der Waals surface area contributed by atoms with Crippen molar-refractivity contribution in [1.82, 2.24) is 0 Å². The molecule has 1 spiro atoms.